The predicted molar refractivity (Wildman–Crippen MR) is 164 cm³/mol. The van der Waals surface area contributed by atoms with E-state index in [0.717, 1.165) is 22.7 Å². The van der Waals surface area contributed by atoms with Crippen LogP contribution < -0.4 is 0 Å². The molecule has 2 aliphatic heterocycles. The van der Waals surface area contributed by atoms with E-state index in [2.05, 4.69) is 13.8 Å². The second-order valence-electron chi connectivity index (χ2n) is 11.6. The van der Waals surface area contributed by atoms with Crippen LogP contribution in [0.5, 0.6) is 0 Å². The lowest BCUT2D eigenvalue weighted by Crippen LogP contribution is -2.22. The van der Waals surface area contributed by atoms with Crippen LogP contribution in [0.2, 0.25) is 0 Å². The lowest BCUT2D eigenvalue weighted by atomic mass is 9.70. The number of hydrogen-bond donors (Lipinski definition) is 0. The van der Waals surface area contributed by atoms with Gasteiger partial charge in [-0.15, -0.1) is 0 Å². The molecule has 0 bridgehead atoms. The van der Waals surface area contributed by atoms with Gasteiger partial charge in [-0.25, -0.2) is 0 Å². The average Bonchev–Trinajstić information content (AvgIpc) is 3.52. The highest BCUT2D eigenvalue weighted by molar-refractivity contribution is 8.21. The van der Waals surface area contributed by atoms with Gasteiger partial charge >= 0.3 is 0 Å². The molecular weight excluding hydrogens is 492 g/mol. The van der Waals surface area contributed by atoms with Gasteiger partial charge in [0.1, 0.15) is 0 Å². The third kappa shape index (κ3) is 9.16. The Kier molecular flexibility index (Phi) is 14.2. The van der Waals surface area contributed by atoms with Crippen LogP contribution in [0.25, 0.3) is 0 Å². The highest BCUT2D eigenvalue weighted by atomic mass is 32.2. The van der Waals surface area contributed by atoms with Gasteiger partial charge in [0, 0.05) is 15.2 Å². The van der Waals surface area contributed by atoms with Gasteiger partial charge in [-0.3, -0.25) is 9.59 Å². The molecule has 0 N–H and O–H groups in total. The van der Waals surface area contributed by atoms with Crippen molar-refractivity contribution in [3.63, 3.8) is 0 Å². The van der Waals surface area contributed by atoms with Gasteiger partial charge in [0.2, 0.25) is 10.2 Å². The molecule has 0 saturated carbocycles. The smallest absolute Gasteiger partial charge is 0.217 e. The third-order valence-corrected chi connectivity index (χ3v) is 10.6. The van der Waals surface area contributed by atoms with Gasteiger partial charge in [-0.1, -0.05) is 142 Å². The van der Waals surface area contributed by atoms with Gasteiger partial charge in [-0.05, 0) is 59.7 Å². The summed E-state index contributed by atoms with van der Waals surface area (Å²) < 4.78 is 0. The fourth-order valence-corrected chi connectivity index (χ4v) is 8.56. The number of carbonyl (C=O) groups is 2. The van der Waals surface area contributed by atoms with E-state index in [4.69, 9.17) is 0 Å². The lowest BCUT2D eigenvalue weighted by Gasteiger charge is -2.33. The van der Waals surface area contributed by atoms with Crippen molar-refractivity contribution in [3.8, 4) is 0 Å². The van der Waals surface area contributed by atoms with Gasteiger partial charge < -0.3 is 0 Å². The summed E-state index contributed by atoms with van der Waals surface area (Å²) in [4.78, 5) is 27.1. The first kappa shape index (κ1) is 30.8. The second kappa shape index (κ2) is 17.1. The molecule has 0 radical (unpaired) electrons. The number of hydrogen-bond acceptors (Lipinski definition) is 4. The number of fused-ring (bicyclic) bond motifs is 2. The Morgan fingerprint density at radius 3 is 1.11 bits per heavy atom. The van der Waals surface area contributed by atoms with Crippen LogP contribution >= 0.6 is 23.5 Å². The molecule has 0 amide bonds. The number of carbonyl (C=O) groups excluding carboxylic acids is 2. The summed E-state index contributed by atoms with van der Waals surface area (Å²) in [5.74, 6) is 0. The minimum absolute atomic E-state index is 0.0940. The Balaban J connectivity index is 1.48. The van der Waals surface area contributed by atoms with Crippen LogP contribution in [-0.2, 0) is 9.59 Å². The lowest BCUT2D eigenvalue weighted by molar-refractivity contribution is -0.107. The zero-order valence-electron chi connectivity index (χ0n) is 23.8. The Morgan fingerprint density at radius 2 is 0.784 bits per heavy atom. The SMILES string of the molecule is CCCCCCCCCCCCC1(CCCCCCCCCCCC)C2=CC(=O)SC2=C2SC(=O)C=C21. The summed E-state index contributed by atoms with van der Waals surface area (Å²) in [7, 11) is 0. The number of thioether (sulfide) groups is 2. The van der Waals surface area contributed by atoms with Crippen molar-refractivity contribution in [1.29, 1.82) is 0 Å². The summed E-state index contributed by atoms with van der Waals surface area (Å²) in [6.45, 7) is 4.56. The summed E-state index contributed by atoms with van der Waals surface area (Å²) in [6, 6.07) is 0. The molecule has 0 aromatic carbocycles. The molecule has 37 heavy (non-hydrogen) atoms. The molecule has 0 aromatic rings. The Hall–Kier alpha value is -0.740. The van der Waals surface area contributed by atoms with Gasteiger partial charge in [0.25, 0.3) is 0 Å². The number of allylic oxidation sites excluding steroid dienone is 2. The first-order valence-electron chi connectivity index (χ1n) is 15.8. The van der Waals surface area contributed by atoms with E-state index in [1.54, 1.807) is 0 Å². The largest absolute Gasteiger partial charge is 0.282 e. The molecule has 0 aromatic heterocycles. The minimum atomic E-state index is -0.0940. The van der Waals surface area contributed by atoms with E-state index in [1.807, 2.05) is 12.2 Å². The van der Waals surface area contributed by atoms with Crippen molar-refractivity contribution in [1.82, 2.24) is 0 Å². The fourth-order valence-electron chi connectivity index (χ4n) is 6.42. The van der Waals surface area contributed by atoms with Crippen molar-refractivity contribution >= 4 is 33.8 Å². The van der Waals surface area contributed by atoms with Crippen molar-refractivity contribution in [2.75, 3.05) is 0 Å². The van der Waals surface area contributed by atoms with Crippen LogP contribution in [0.1, 0.15) is 155 Å². The van der Waals surface area contributed by atoms with E-state index < -0.39 is 0 Å². The van der Waals surface area contributed by atoms with Gasteiger partial charge in [0.15, 0.2) is 0 Å². The molecule has 0 atom stereocenters. The molecular formula is C33H52O2S2. The van der Waals surface area contributed by atoms with Crippen LogP contribution in [0.3, 0.4) is 0 Å². The molecule has 1 aliphatic carbocycles. The average molecular weight is 545 g/mol. The Labute approximate surface area is 236 Å². The quantitative estimate of drug-likeness (QED) is 0.127. The molecule has 4 heteroatoms. The molecule has 3 rings (SSSR count). The van der Waals surface area contributed by atoms with Crippen LogP contribution in [-0.4, -0.2) is 10.2 Å². The molecule has 2 heterocycles. The highest BCUT2D eigenvalue weighted by Crippen LogP contribution is 2.65. The van der Waals surface area contributed by atoms with E-state index in [0.29, 0.717) is 0 Å². The van der Waals surface area contributed by atoms with Crippen molar-refractivity contribution in [2.24, 2.45) is 5.41 Å². The Bertz CT molecular complexity index is 767. The van der Waals surface area contributed by atoms with Crippen LogP contribution in [0, 0.1) is 5.41 Å². The first-order valence-corrected chi connectivity index (χ1v) is 17.4. The fraction of sp³-hybridized carbons (Fsp3) is 0.758. The maximum absolute atomic E-state index is 12.4. The van der Waals surface area contributed by atoms with Crippen LogP contribution in [0.4, 0.5) is 0 Å². The van der Waals surface area contributed by atoms with Crippen molar-refractivity contribution in [3.05, 3.63) is 33.1 Å². The molecule has 3 aliphatic rings. The predicted octanol–water partition coefficient (Wildman–Crippen LogP) is 11.2. The normalized spacial score (nSPS) is 18.0. The standard InChI is InChI=1S/C33H52O2S2/c1-3-5-7-9-11-13-15-17-19-21-23-33(24-22-20-18-16-14-12-10-8-6-4-2)27-25-29(34)36-31(27)32-28(33)26-30(35)37-32/h25-26H,3-24H2,1-2H3. The molecule has 0 unspecified atom stereocenters. The highest BCUT2D eigenvalue weighted by Gasteiger charge is 2.52. The zero-order chi connectivity index (χ0) is 26.3. The molecule has 0 fully saturated rings. The zero-order valence-corrected chi connectivity index (χ0v) is 25.5. The molecule has 0 saturated heterocycles. The number of rotatable bonds is 22. The van der Waals surface area contributed by atoms with E-state index in [-0.39, 0.29) is 15.6 Å². The summed E-state index contributed by atoms with van der Waals surface area (Å²) >= 11 is 2.74. The summed E-state index contributed by atoms with van der Waals surface area (Å²) in [5, 5.41) is 0.319. The van der Waals surface area contributed by atoms with Gasteiger partial charge in [0.05, 0.1) is 0 Å². The van der Waals surface area contributed by atoms with Crippen molar-refractivity contribution in [2.45, 2.75) is 155 Å². The van der Waals surface area contributed by atoms with E-state index >= 15 is 0 Å². The molecule has 208 valence electrons. The molecule has 2 nitrogen and oxygen atoms in total. The van der Waals surface area contributed by atoms with Crippen LogP contribution in [0.15, 0.2) is 33.1 Å². The third-order valence-electron chi connectivity index (χ3n) is 8.57. The maximum Gasteiger partial charge on any atom is 0.217 e. The van der Waals surface area contributed by atoms with E-state index in [1.165, 1.54) is 163 Å². The second-order valence-corrected chi connectivity index (χ2v) is 13.6. The van der Waals surface area contributed by atoms with Gasteiger partial charge in [-0.2, -0.15) is 0 Å². The topological polar surface area (TPSA) is 34.1 Å². The van der Waals surface area contributed by atoms with E-state index in [9.17, 15) is 9.59 Å². The summed E-state index contributed by atoms with van der Waals surface area (Å²) in [6.07, 6.45) is 32.8. The monoisotopic (exact) mass is 544 g/mol. The first-order chi connectivity index (χ1) is 18.1. The summed E-state index contributed by atoms with van der Waals surface area (Å²) in [5.41, 5.74) is 2.43. The maximum atomic E-state index is 12.4. The Morgan fingerprint density at radius 1 is 0.486 bits per heavy atom. The van der Waals surface area contributed by atoms with Crippen molar-refractivity contribution < 1.29 is 9.59 Å². The minimum Gasteiger partial charge on any atom is -0.282 e. The number of unbranched alkanes of at least 4 members (excludes halogenated alkanes) is 18. The molecule has 0 spiro atoms.